The maximum absolute atomic E-state index is 12.8. The summed E-state index contributed by atoms with van der Waals surface area (Å²) >= 11 is 0. The summed E-state index contributed by atoms with van der Waals surface area (Å²) in [6, 6.07) is 1.90. The van der Waals surface area contributed by atoms with Gasteiger partial charge in [-0.2, -0.15) is 13.2 Å². The molecule has 1 saturated heterocycles. The first-order valence-corrected chi connectivity index (χ1v) is 6.83. The third-order valence-corrected chi connectivity index (χ3v) is 3.90. The number of aromatic nitrogens is 1. The van der Waals surface area contributed by atoms with Crippen LogP contribution in [-0.4, -0.2) is 24.0 Å². The molecule has 1 amide bonds. The Balaban J connectivity index is 2.38. The number of anilines is 1. The maximum atomic E-state index is 12.8. The zero-order valence-corrected chi connectivity index (χ0v) is 11.9. The van der Waals surface area contributed by atoms with E-state index in [0.29, 0.717) is 24.9 Å². The van der Waals surface area contributed by atoms with E-state index in [1.54, 1.807) is 4.90 Å². The van der Waals surface area contributed by atoms with Gasteiger partial charge in [-0.05, 0) is 30.4 Å². The SMILES string of the molecule is CC(C)C1CCN(c2nc(C(F)(F)F)ccc2C(N)=O)C1. The average Bonchev–Trinajstić information content (AvgIpc) is 2.86. The molecule has 21 heavy (non-hydrogen) atoms. The van der Waals surface area contributed by atoms with E-state index in [1.165, 1.54) is 0 Å². The van der Waals surface area contributed by atoms with Gasteiger partial charge in [0.25, 0.3) is 5.91 Å². The molecule has 0 radical (unpaired) electrons. The van der Waals surface area contributed by atoms with E-state index in [1.807, 2.05) is 0 Å². The standard InChI is InChI=1S/C14H18F3N3O/c1-8(2)9-5-6-20(7-9)13-10(12(18)21)3-4-11(19-13)14(15,16)17/h3-4,8-9H,5-7H2,1-2H3,(H2,18,21). The van der Waals surface area contributed by atoms with Crippen LogP contribution in [0.1, 0.15) is 36.3 Å². The van der Waals surface area contributed by atoms with Gasteiger partial charge in [0.2, 0.25) is 0 Å². The van der Waals surface area contributed by atoms with Crippen LogP contribution in [0.15, 0.2) is 12.1 Å². The summed E-state index contributed by atoms with van der Waals surface area (Å²) in [5.41, 5.74) is 4.28. The number of primary amides is 1. The second-order valence-electron chi connectivity index (χ2n) is 5.67. The number of carbonyl (C=O) groups is 1. The average molecular weight is 301 g/mol. The lowest BCUT2D eigenvalue weighted by atomic mass is 9.95. The number of nitrogens with two attached hydrogens (primary N) is 1. The van der Waals surface area contributed by atoms with E-state index in [-0.39, 0.29) is 11.4 Å². The lowest BCUT2D eigenvalue weighted by Crippen LogP contribution is -2.27. The molecule has 1 aliphatic heterocycles. The molecule has 0 bridgehead atoms. The first-order valence-electron chi connectivity index (χ1n) is 6.83. The summed E-state index contributed by atoms with van der Waals surface area (Å²) in [5, 5.41) is 0. The number of pyridine rings is 1. The van der Waals surface area contributed by atoms with Gasteiger partial charge >= 0.3 is 6.18 Å². The maximum Gasteiger partial charge on any atom is 0.433 e. The van der Waals surface area contributed by atoms with Gasteiger partial charge in [-0.3, -0.25) is 4.79 Å². The van der Waals surface area contributed by atoms with Gasteiger partial charge < -0.3 is 10.6 Å². The highest BCUT2D eigenvalue weighted by molar-refractivity contribution is 5.97. The summed E-state index contributed by atoms with van der Waals surface area (Å²) in [6.07, 6.45) is -3.67. The number of carbonyl (C=O) groups excluding carboxylic acids is 1. The molecular weight excluding hydrogens is 283 g/mol. The largest absolute Gasteiger partial charge is 0.433 e. The number of nitrogens with zero attached hydrogens (tertiary/aromatic N) is 2. The number of halogens is 3. The first-order chi connectivity index (χ1) is 9.70. The Labute approximate surface area is 121 Å². The Hall–Kier alpha value is -1.79. The van der Waals surface area contributed by atoms with E-state index in [4.69, 9.17) is 5.73 Å². The zero-order chi connectivity index (χ0) is 15.8. The van der Waals surface area contributed by atoms with Crippen LogP contribution in [-0.2, 0) is 6.18 Å². The van der Waals surface area contributed by atoms with Gasteiger partial charge in [0.1, 0.15) is 11.5 Å². The van der Waals surface area contributed by atoms with E-state index >= 15 is 0 Å². The van der Waals surface area contributed by atoms with Gasteiger partial charge in [-0.15, -0.1) is 0 Å². The number of rotatable bonds is 3. The van der Waals surface area contributed by atoms with E-state index in [0.717, 1.165) is 18.6 Å². The van der Waals surface area contributed by atoms with Gasteiger partial charge in [0.05, 0.1) is 5.56 Å². The number of alkyl halides is 3. The molecule has 2 heterocycles. The van der Waals surface area contributed by atoms with Crippen molar-refractivity contribution in [2.45, 2.75) is 26.4 Å². The van der Waals surface area contributed by atoms with Crippen molar-refractivity contribution in [1.82, 2.24) is 4.98 Å². The Morgan fingerprint density at radius 3 is 2.57 bits per heavy atom. The van der Waals surface area contributed by atoms with Crippen molar-refractivity contribution in [2.24, 2.45) is 17.6 Å². The predicted molar refractivity (Wildman–Crippen MR) is 72.9 cm³/mol. The molecule has 2 N–H and O–H groups in total. The molecule has 1 fully saturated rings. The highest BCUT2D eigenvalue weighted by atomic mass is 19.4. The molecule has 2 rings (SSSR count). The van der Waals surface area contributed by atoms with Crippen molar-refractivity contribution in [3.63, 3.8) is 0 Å². The number of amides is 1. The highest BCUT2D eigenvalue weighted by Crippen LogP contribution is 2.33. The Bertz CT molecular complexity index is 543. The van der Waals surface area contributed by atoms with Gasteiger partial charge in [-0.1, -0.05) is 13.8 Å². The molecule has 7 heteroatoms. The Kier molecular flexibility index (Phi) is 4.11. The fourth-order valence-electron chi connectivity index (χ4n) is 2.56. The third-order valence-electron chi connectivity index (χ3n) is 3.90. The summed E-state index contributed by atoms with van der Waals surface area (Å²) in [6.45, 7) is 5.31. The van der Waals surface area contributed by atoms with Crippen molar-refractivity contribution in [3.8, 4) is 0 Å². The molecule has 0 spiro atoms. The van der Waals surface area contributed by atoms with Crippen molar-refractivity contribution >= 4 is 11.7 Å². The normalized spacial score (nSPS) is 19.3. The molecule has 0 aliphatic carbocycles. The number of hydrogen-bond donors (Lipinski definition) is 1. The van der Waals surface area contributed by atoms with Crippen LogP contribution >= 0.6 is 0 Å². The lowest BCUT2D eigenvalue weighted by molar-refractivity contribution is -0.141. The van der Waals surface area contributed by atoms with Crippen molar-refractivity contribution in [2.75, 3.05) is 18.0 Å². The fourth-order valence-corrected chi connectivity index (χ4v) is 2.56. The van der Waals surface area contributed by atoms with Crippen LogP contribution in [0.3, 0.4) is 0 Å². The predicted octanol–water partition coefficient (Wildman–Crippen LogP) is 2.68. The molecule has 116 valence electrons. The lowest BCUT2D eigenvalue weighted by Gasteiger charge is -2.22. The summed E-state index contributed by atoms with van der Waals surface area (Å²) in [4.78, 5) is 16.8. The Morgan fingerprint density at radius 2 is 2.10 bits per heavy atom. The summed E-state index contributed by atoms with van der Waals surface area (Å²) < 4.78 is 38.4. The summed E-state index contributed by atoms with van der Waals surface area (Å²) in [5.74, 6) is 0.0830. The molecule has 0 saturated carbocycles. The van der Waals surface area contributed by atoms with Crippen LogP contribution in [0.5, 0.6) is 0 Å². The van der Waals surface area contributed by atoms with Gasteiger partial charge in [0.15, 0.2) is 0 Å². The van der Waals surface area contributed by atoms with Crippen molar-refractivity contribution < 1.29 is 18.0 Å². The molecule has 4 nitrogen and oxygen atoms in total. The van der Waals surface area contributed by atoms with Crippen LogP contribution in [0.25, 0.3) is 0 Å². The molecular formula is C14H18F3N3O. The van der Waals surface area contributed by atoms with Crippen LogP contribution < -0.4 is 10.6 Å². The monoisotopic (exact) mass is 301 g/mol. The molecule has 1 atom stereocenters. The fraction of sp³-hybridized carbons (Fsp3) is 0.571. The third kappa shape index (κ3) is 3.28. The smallest absolute Gasteiger partial charge is 0.365 e. The van der Waals surface area contributed by atoms with Crippen LogP contribution in [0, 0.1) is 11.8 Å². The topological polar surface area (TPSA) is 59.2 Å². The minimum absolute atomic E-state index is 0.0346. The van der Waals surface area contributed by atoms with E-state index < -0.39 is 17.8 Å². The molecule has 0 aromatic carbocycles. The molecule has 1 unspecified atom stereocenters. The first kappa shape index (κ1) is 15.6. The zero-order valence-electron chi connectivity index (χ0n) is 11.9. The highest BCUT2D eigenvalue weighted by Gasteiger charge is 2.35. The van der Waals surface area contributed by atoms with Crippen molar-refractivity contribution in [3.05, 3.63) is 23.4 Å². The molecule has 1 aromatic rings. The second-order valence-corrected chi connectivity index (χ2v) is 5.67. The summed E-state index contributed by atoms with van der Waals surface area (Å²) in [7, 11) is 0. The second kappa shape index (κ2) is 5.54. The molecule has 1 aromatic heterocycles. The number of hydrogen-bond acceptors (Lipinski definition) is 3. The quantitative estimate of drug-likeness (QED) is 0.933. The van der Waals surface area contributed by atoms with Crippen LogP contribution in [0.4, 0.5) is 19.0 Å². The van der Waals surface area contributed by atoms with E-state index in [2.05, 4.69) is 18.8 Å². The van der Waals surface area contributed by atoms with Gasteiger partial charge in [-0.25, -0.2) is 4.98 Å². The van der Waals surface area contributed by atoms with Crippen LogP contribution in [0.2, 0.25) is 0 Å². The Morgan fingerprint density at radius 1 is 1.43 bits per heavy atom. The minimum atomic E-state index is -4.54. The van der Waals surface area contributed by atoms with E-state index in [9.17, 15) is 18.0 Å². The van der Waals surface area contributed by atoms with Gasteiger partial charge in [0, 0.05) is 13.1 Å². The van der Waals surface area contributed by atoms with Crippen molar-refractivity contribution in [1.29, 1.82) is 0 Å². The molecule has 1 aliphatic rings. The minimum Gasteiger partial charge on any atom is -0.365 e.